The van der Waals surface area contributed by atoms with Crippen LogP contribution in [0.3, 0.4) is 0 Å². The number of pyridine rings is 2. The van der Waals surface area contributed by atoms with E-state index in [0.717, 1.165) is 60.1 Å². The maximum Gasteiger partial charge on any atom is 0.211 e. The zero-order chi connectivity index (χ0) is 22.3. The van der Waals surface area contributed by atoms with Gasteiger partial charge in [-0.25, -0.2) is 22.7 Å². The molecule has 170 valence electrons. The number of aromatic nitrogens is 3. The Morgan fingerprint density at radius 1 is 1.16 bits per heavy atom. The number of fused-ring (bicyclic) bond motifs is 1. The van der Waals surface area contributed by atoms with Gasteiger partial charge in [-0.05, 0) is 73.8 Å². The number of H-pyrrole nitrogens is 1. The summed E-state index contributed by atoms with van der Waals surface area (Å²) in [5.74, 6) is 1.87. The lowest BCUT2D eigenvalue weighted by atomic mass is 9.78. The molecule has 0 bridgehead atoms. The van der Waals surface area contributed by atoms with Crippen molar-refractivity contribution in [2.24, 2.45) is 11.8 Å². The van der Waals surface area contributed by atoms with Gasteiger partial charge < -0.3 is 10.3 Å². The van der Waals surface area contributed by atoms with Crippen LogP contribution < -0.4 is 5.32 Å². The normalized spacial score (nSPS) is 24.8. The first-order valence-corrected chi connectivity index (χ1v) is 13.4. The number of anilines is 1. The Labute approximate surface area is 193 Å². The molecule has 2 aliphatic rings. The van der Waals surface area contributed by atoms with Crippen LogP contribution in [-0.4, -0.2) is 53.1 Å². The molecular formula is C23H28ClN5O2S. The highest BCUT2D eigenvalue weighted by atomic mass is 35.5. The second kappa shape index (κ2) is 8.65. The molecule has 3 aromatic heterocycles. The Balaban J connectivity index is 1.24. The van der Waals surface area contributed by atoms with Crippen molar-refractivity contribution in [3.63, 3.8) is 0 Å². The van der Waals surface area contributed by atoms with E-state index in [1.807, 2.05) is 24.4 Å². The van der Waals surface area contributed by atoms with Crippen LogP contribution in [-0.2, 0) is 10.0 Å². The Kier molecular flexibility index (Phi) is 5.86. The van der Waals surface area contributed by atoms with E-state index in [-0.39, 0.29) is 0 Å². The minimum atomic E-state index is -3.07. The smallest absolute Gasteiger partial charge is 0.211 e. The first-order chi connectivity index (χ1) is 15.4. The van der Waals surface area contributed by atoms with Crippen LogP contribution in [0.25, 0.3) is 22.2 Å². The molecule has 1 saturated carbocycles. The van der Waals surface area contributed by atoms with E-state index in [1.54, 1.807) is 10.5 Å². The summed E-state index contributed by atoms with van der Waals surface area (Å²) < 4.78 is 25.3. The van der Waals surface area contributed by atoms with Crippen molar-refractivity contribution in [2.75, 3.05) is 24.7 Å². The van der Waals surface area contributed by atoms with E-state index in [4.69, 9.17) is 11.6 Å². The van der Waals surface area contributed by atoms with Crippen LogP contribution in [0.1, 0.15) is 32.1 Å². The van der Waals surface area contributed by atoms with Crippen LogP contribution in [0, 0.1) is 11.8 Å². The maximum absolute atomic E-state index is 11.8. The molecule has 4 heterocycles. The van der Waals surface area contributed by atoms with Crippen LogP contribution >= 0.6 is 11.6 Å². The van der Waals surface area contributed by atoms with E-state index in [9.17, 15) is 8.42 Å². The predicted molar refractivity (Wildman–Crippen MR) is 128 cm³/mol. The fraction of sp³-hybridized carbons (Fsp3) is 0.478. The van der Waals surface area contributed by atoms with Gasteiger partial charge in [-0.3, -0.25) is 0 Å². The lowest BCUT2D eigenvalue weighted by molar-refractivity contribution is 0.246. The number of hydrogen-bond donors (Lipinski definition) is 2. The van der Waals surface area contributed by atoms with E-state index < -0.39 is 10.0 Å². The maximum atomic E-state index is 11.8. The highest BCUT2D eigenvalue weighted by molar-refractivity contribution is 7.88. The summed E-state index contributed by atoms with van der Waals surface area (Å²) in [5, 5.41) is 5.11. The Bertz CT molecular complexity index is 1220. The molecule has 32 heavy (non-hydrogen) atoms. The van der Waals surface area contributed by atoms with Crippen molar-refractivity contribution >= 4 is 38.5 Å². The van der Waals surface area contributed by atoms with Crippen LogP contribution in [0.4, 0.5) is 5.82 Å². The Morgan fingerprint density at radius 3 is 2.72 bits per heavy atom. The fourth-order valence-corrected chi connectivity index (χ4v) is 6.41. The minimum absolute atomic E-state index is 0.349. The molecule has 0 amide bonds. The lowest BCUT2D eigenvalue weighted by Crippen LogP contribution is -2.32. The zero-order valence-corrected chi connectivity index (χ0v) is 19.7. The standard InChI is InChI=1S/C23H28ClN5O2S/c1-32(30,31)29-10-8-16(14-29)15-4-6-18(7-5-15)27-22-12-17(11-21(24)28-22)20-13-26-23-19(20)3-2-9-25-23/h2-3,9,11-13,15-16,18H,4-8,10,14H2,1H3,(H,25,26)(H,27,28). The van der Waals surface area contributed by atoms with Crippen molar-refractivity contribution < 1.29 is 8.42 Å². The molecular weight excluding hydrogens is 446 g/mol. The van der Waals surface area contributed by atoms with Crippen molar-refractivity contribution in [1.82, 2.24) is 19.3 Å². The molecule has 1 unspecified atom stereocenters. The Hall–Kier alpha value is -2.16. The molecule has 9 heteroatoms. The Morgan fingerprint density at radius 2 is 1.97 bits per heavy atom. The molecule has 1 aliphatic heterocycles. The summed E-state index contributed by atoms with van der Waals surface area (Å²) in [7, 11) is -3.07. The third-order valence-corrected chi connectivity index (χ3v) is 8.47. The van der Waals surface area contributed by atoms with Crippen LogP contribution in [0.5, 0.6) is 0 Å². The van der Waals surface area contributed by atoms with Crippen molar-refractivity contribution in [2.45, 2.75) is 38.1 Å². The van der Waals surface area contributed by atoms with E-state index in [1.165, 1.54) is 6.26 Å². The summed E-state index contributed by atoms with van der Waals surface area (Å²) in [6, 6.07) is 8.26. The number of hydrogen-bond acceptors (Lipinski definition) is 5. The summed E-state index contributed by atoms with van der Waals surface area (Å²) in [4.78, 5) is 12.1. The molecule has 0 spiro atoms. The van der Waals surface area contributed by atoms with Gasteiger partial charge in [-0.15, -0.1) is 0 Å². The molecule has 0 aromatic carbocycles. The quantitative estimate of drug-likeness (QED) is 0.531. The SMILES string of the molecule is CS(=O)(=O)N1CCC(C2CCC(Nc3cc(-c4c[nH]c5ncccc45)cc(Cl)n3)CC2)C1. The minimum Gasteiger partial charge on any atom is -0.367 e. The van der Waals surface area contributed by atoms with Gasteiger partial charge in [-0.2, -0.15) is 0 Å². The second-order valence-corrected chi connectivity index (χ2v) is 11.5. The molecule has 2 N–H and O–H groups in total. The summed E-state index contributed by atoms with van der Waals surface area (Å²) in [5.41, 5.74) is 2.91. The molecule has 2 fully saturated rings. The summed E-state index contributed by atoms with van der Waals surface area (Å²) >= 11 is 6.36. The third kappa shape index (κ3) is 4.49. The van der Waals surface area contributed by atoms with Gasteiger partial charge in [0, 0.05) is 42.5 Å². The molecule has 7 nitrogen and oxygen atoms in total. The zero-order valence-electron chi connectivity index (χ0n) is 18.1. The average molecular weight is 474 g/mol. The van der Waals surface area contributed by atoms with E-state index >= 15 is 0 Å². The summed E-state index contributed by atoms with van der Waals surface area (Å²) in [6.45, 7) is 1.35. The molecule has 1 atom stereocenters. The van der Waals surface area contributed by atoms with Crippen LogP contribution in [0.2, 0.25) is 5.15 Å². The highest BCUT2D eigenvalue weighted by Gasteiger charge is 2.35. The van der Waals surface area contributed by atoms with Gasteiger partial charge in [0.25, 0.3) is 0 Å². The molecule has 3 aromatic rings. The van der Waals surface area contributed by atoms with E-state index in [2.05, 4.69) is 26.3 Å². The number of rotatable bonds is 5. The van der Waals surface area contributed by atoms with Crippen LogP contribution in [0.15, 0.2) is 36.7 Å². The van der Waals surface area contributed by atoms with Gasteiger partial charge in [0.15, 0.2) is 0 Å². The van der Waals surface area contributed by atoms with Crippen molar-refractivity contribution in [3.8, 4) is 11.1 Å². The molecule has 1 aliphatic carbocycles. The van der Waals surface area contributed by atoms with Gasteiger partial charge in [0.1, 0.15) is 16.6 Å². The van der Waals surface area contributed by atoms with Gasteiger partial charge in [0.05, 0.1) is 6.26 Å². The molecule has 0 radical (unpaired) electrons. The monoisotopic (exact) mass is 473 g/mol. The second-order valence-electron chi connectivity index (χ2n) is 9.09. The fourth-order valence-electron chi connectivity index (χ4n) is 5.31. The number of sulfonamides is 1. The highest BCUT2D eigenvalue weighted by Crippen LogP contribution is 2.37. The summed E-state index contributed by atoms with van der Waals surface area (Å²) in [6.07, 6.45) is 10.4. The first-order valence-electron chi connectivity index (χ1n) is 11.2. The average Bonchev–Trinajstić information content (AvgIpc) is 3.41. The molecule has 1 saturated heterocycles. The predicted octanol–water partition coefficient (Wildman–Crippen LogP) is 4.53. The van der Waals surface area contributed by atoms with Crippen molar-refractivity contribution in [1.29, 1.82) is 0 Å². The molecule has 5 rings (SSSR count). The topological polar surface area (TPSA) is 91.0 Å². The van der Waals surface area contributed by atoms with E-state index in [0.29, 0.717) is 36.1 Å². The number of nitrogens with zero attached hydrogens (tertiary/aromatic N) is 3. The largest absolute Gasteiger partial charge is 0.367 e. The van der Waals surface area contributed by atoms with Gasteiger partial charge in [0.2, 0.25) is 10.0 Å². The third-order valence-electron chi connectivity index (χ3n) is 7.00. The van der Waals surface area contributed by atoms with Crippen molar-refractivity contribution in [3.05, 3.63) is 41.8 Å². The number of halogens is 1. The first kappa shape index (κ1) is 21.7. The number of aromatic amines is 1. The lowest BCUT2D eigenvalue weighted by Gasteiger charge is -2.32. The van der Waals surface area contributed by atoms with Gasteiger partial charge in [-0.1, -0.05) is 11.6 Å². The number of nitrogens with one attached hydrogen (secondary N) is 2. The van der Waals surface area contributed by atoms with Gasteiger partial charge >= 0.3 is 0 Å².